The van der Waals surface area contributed by atoms with Gasteiger partial charge in [0.2, 0.25) is 0 Å². The van der Waals surface area contributed by atoms with Crippen LogP contribution in [0.4, 0.5) is 18.9 Å². The van der Waals surface area contributed by atoms with E-state index < -0.39 is 11.7 Å². The van der Waals surface area contributed by atoms with Crippen LogP contribution < -0.4 is 10.1 Å². The zero-order chi connectivity index (χ0) is 14.0. The second kappa shape index (κ2) is 5.28. The summed E-state index contributed by atoms with van der Waals surface area (Å²) in [7, 11) is 3.59. The minimum Gasteiger partial charge on any atom is -0.488 e. The second-order valence-electron chi connectivity index (χ2n) is 4.75. The van der Waals surface area contributed by atoms with Crippen molar-refractivity contribution in [3.8, 4) is 5.75 Å². The van der Waals surface area contributed by atoms with Crippen molar-refractivity contribution in [1.29, 1.82) is 0 Å². The molecule has 1 aromatic carbocycles. The molecule has 1 aliphatic heterocycles. The summed E-state index contributed by atoms with van der Waals surface area (Å²) in [5.74, 6) is -0.0975. The van der Waals surface area contributed by atoms with Crippen molar-refractivity contribution in [2.75, 3.05) is 32.5 Å². The molecule has 1 fully saturated rings. The number of likely N-dealkylation sites (tertiary alicyclic amines) is 1. The first-order valence-electron chi connectivity index (χ1n) is 6.14. The lowest BCUT2D eigenvalue weighted by Gasteiger charge is -2.19. The third-order valence-corrected chi connectivity index (χ3v) is 3.22. The summed E-state index contributed by atoms with van der Waals surface area (Å²) in [5, 5.41) is 2.82. The molecular formula is C13H17F3N2O. The van der Waals surface area contributed by atoms with Crippen LogP contribution in [-0.4, -0.2) is 38.2 Å². The van der Waals surface area contributed by atoms with Crippen molar-refractivity contribution >= 4 is 5.69 Å². The topological polar surface area (TPSA) is 24.5 Å². The highest BCUT2D eigenvalue weighted by atomic mass is 19.4. The maximum atomic E-state index is 12.9. The van der Waals surface area contributed by atoms with E-state index >= 15 is 0 Å². The molecule has 1 heterocycles. The Morgan fingerprint density at radius 2 is 2.11 bits per heavy atom. The molecule has 2 rings (SSSR count). The molecule has 0 bridgehead atoms. The molecule has 6 heteroatoms. The Balaban J connectivity index is 2.25. The van der Waals surface area contributed by atoms with Crippen molar-refractivity contribution in [1.82, 2.24) is 4.90 Å². The number of likely N-dealkylation sites (N-methyl/N-ethyl adjacent to an activating group) is 1. The van der Waals surface area contributed by atoms with Crippen LogP contribution in [0.5, 0.6) is 5.75 Å². The standard InChI is InChI=1S/C13H17F3N2O/c1-17-9-3-4-11(13(14,15)16)12(7-9)19-10-5-6-18(2)8-10/h3-4,7,10,17H,5-6,8H2,1-2H3/t10-/m1/s1. The molecule has 0 aliphatic carbocycles. The Kier molecular flexibility index (Phi) is 3.89. The fraction of sp³-hybridized carbons (Fsp3) is 0.538. The number of alkyl halides is 3. The predicted octanol–water partition coefficient (Wildman–Crippen LogP) is 2.83. The van der Waals surface area contributed by atoms with E-state index in [9.17, 15) is 13.2 Å². The van der Waals surface area contributed by atoms with Crippen molar-refractivity contribution in [3.63, 3.8) is 0 Å². The fourth-order valence-electron chi connectivity index (χ4n) is 2.18. The smallest absolute Gasteiger partial charge is 0.419 e. The van der Waals surface area contributed by atoms with Crippen LogP contribution in [0.1, 0.15) is 12.0 Å². The third-order valence-electron chi connectivity index (χ3n) is 3.22. The molecule has 19 heavy (non-hydrogen) atoms. The van der Waals surface area contributed by atoms with Crippen LogP contribution in [0.2, 0.25) is 0 Å². The SMILES string of the molecule is CNc1ccc(C(F)(F)F)c(O[C@@H]2CCN(C)C2)c1. The number of nitrogens with one attached hydrogen (secondary N) is 1. The number of hydrogen-bond acceptors (Lipinski definition) is 3. The average Bonchev–Trinajstić information content (AvgIpc) is 2.73. The van der Waals surface area contributed by atoms with Gasteiger partial charge >= 0.3 is 6.18 Å². The van der Waals surface area contributed by atoms with Crippen molar-refractivity contribution < 1.29 is 17.9 Å². The van der Waals surface area contributed by atoms with Crippen LogP contribution in [0.3, 0.4) is 0 Å². The number of nitrogens with zero attached hydrogens (tertiary/aromatic N) is 1. The Bertz CT molecular complexity index is 448. The molecule has 0 spiro atoms. The second-order valence-corrected chi connectivity index (χ2v) is 4.75. The van der Waals surface area contributed by atoms with Crippen molar-refractivity contribution in [2.45, 2.75) is 18.7 Å². The van der Waals surface area contributed by atoms with Gasteiger partial charge in [-0.25, -0.2) is 0 Å². The van der Waals surface area contributed by atoms with Gasteiger partial charge in [-0.3, -0.25) is 0 Å². The van der Waals surface area contributed by atoms with Gasteiger partial charge in [-0.05, 0) is 25.6 Å². The monoisotopic (exact) mass is 274 g/mol. The van der Waals surface area contributed by atoms with E-state index in [2.05, 4.69) is 5.32 Å². The number of halogens is 3. The number of hydrogen-bond donors (Lipinski definition) is 1. The normalized spacial score (nSPS) is 20.6. The summed E-state index contributed by atoms with van der Waals surface area (Å²) in [5.41, 5.74) is -0.115. The van der Waals surface area contributed by atoms with Crippen molar-refractivity contribution in [3.05, 3.63) is 23.8 Å². The maximum Gasteiger partial charge on any atom is 0.419 e. The quantitative estimate of drug-likeness (QED) is 0.917. The third kappa shape index (κ3) is 3.32. The van der Waals surface area contributed by atoms with Crippen LogP contribution in [0.25, 0.3) is 0 Å². The van der Waals surface area contributed by atoms with E-state index in [0.29, 0.717) is 12.2 Å². The lowest BCUT2D eigenvalue weighted by atomic mass is 10.1. The van der Waals surface area contributed by atoms with Gasteiger partial charge < -0.3 is 15.0 Å². The van der Waals surface area contributed by atoms with Gasteiger partial charge in [0.15, 0.2) is 0 Å². The molecular weight excluding hydrogens is 257 g/mol. The van der Waals surface area contributed by atoms with E-state index in [0.717, 1.165) is 19.0 Å². The molecule has 0 unspecified atom stereocenters. The van der Waals surface area contributed by atoms with Gasteiger partial charge in [-0.1, -0.05) is 0 Å². The molecule has 0 radical (unpaired) electrons. The molecule has 0 amide bonds. The molecule has 0 saturated carbocycles. The van der Waals surface area contributed by atoms with Gasteiger partial charge in [-0.15, -0.1) is 0 Å². The minimum absolute atomic E-state index is 0.0975. The highest BCUT2D eigenvalue weighted by Crippen LogP contribution is 2.38. The first-order valence-corrected chi connectivity index (χ1v) is 6.14. The van der Waals surface area contributed by atoms with Gasteiger partial charge in [0.1, 0.15) is 11.9 Å². The van der Waals surface area contributed by atoms with Crippen LogP contribution in [-0.2, 0) is 6.18 Å². The van der Waals surface area contributed by atoms with Gasteiger partial charge in [0, 0.05) is 31.9 Å². The van der Waals surface area contributed by atoms with E-state index in [4.69, 9.17) is 4.74 Å². The van der Waals surface area contributed by atoms with Gasteiger partial charge in [-0.2, -0.15) is 13.2 Å². The zero-order valence-corrected chi connectivity index (χ0v) is 10.9. The van der Waals surface area contributed by atoms with Crippen LogP contribution in [0, 0.1) is 0 Å². The molecule has 1 atom stereocenters. The van der Waals surface area contributed by atoms with Gasteiger partial charge in [0.05, 0.1) is 5.56 Å². The summed E-state index contributed by atoms with van der Waals surface area (Å²) >= 11 is 0. The molecule has 3 nitrogen and oxygen atoms in total. The lowest BCUT2D eigenvalue weighted by Crippen LogP contribution is -2.22. The maximum absolute atomic E-state index is 12.9. The number of anilines is 1. The van der Waals surface area contributed by atoms with Crippen LogP contribution in [0.15, 0.2) is 18.2 Å². The summed E-state index contributed by atoms with van der Waals surface area (Å²) in [6, 6.07) is 3.86. The summed E-state index contributed by atoms with van der Waals surface area (Å²) in [4.78, 5) is 2.04. The molecule has 106 valence electrons. The zero-order valence-electron chi connectivity index (χ0n) is 10.9. The lowest BCUT2D eigenvalue weighted by molar-refractivity contribution is -0.139. The Hall–Kier alpha value is -1.43. The molecule has 1 N–H and O–H groups in total. The van der Waals surface area contributed by atoms with Crippen molar-refractivity contribution in [2.24, 2.45) is 0 Å². The number of ether oxygens (including phenoxy) is 1. The first-order chi connectivity index (χ1) is 8.90. The Morgan fingerprint density at radius 3 is 2.63 bits per heavy atom. The summed E-state index contributed by atoms with van der Waals surface area (Å²) in [6.07, 6.45) is -3.83. The van der Waals surface area contributed by atoms with E-state index in [1.807, 2.05) is 11.9 Å². The number of benzene rings is 1. The average molecular weight is 274 g/mol. The Morgan fingerprint density at radius 1 is 1.37 bits per heavy atom. The molecule has 1 aliphatic rings. The van der Waals surface area contributed by atoms with E-state index in [1.165, 1.54) is 12.1 Å². The first kappa shape index (κ1) is 14.0. The molecule has 0 aromatic heterocycles. The Labute approximate surface area is 110 Å². The largest absolute Gasteiger partial charge is 0.488 e. The minimum atomic E-state index is -4.40. The molecule has 1 aromatic rings. The van der Waals surface area contributed by atoms with E-state index in [1.54, 1.807) is 7.05 Å². The highest BCUT2D eigenvalue weighted by Gasteiger charge is 2.35. The summed E-state index contributed by atoms with van der Waals surface area (Å²) in [6.45, 7) is 1.50. The molecule has 1 saturated heterocycles. The number of rotatable bonds is 3. The van der Waals surface area contributed by atoms with Crippen LogP contribution >= 0.6 is 0 Å². The summed E-state index contributed by atoms with van der Waals surface area (Å²) < 4.78 is 44.3. The highest BCUT2D eigenvalue weighted by molar-refractivity contribution is 5.52. The fourth-order valence-corrected chi connectivity index (χ4v) is 2.18. The van der Waals surface area contributed by atoms with E-state index in [-0.39, 0.29) is 11.9 Å². The van der Waals surface area contributed by atoms with Gasteiger partial charge in [0.25, 0.3) is 0 Å². The predicted molar refractivity (Wildman–Crippen MR) is 67.5 cm³/mol.